The number of amides is 2. The average molecular weight is 575 g/mol. The molecular formula is C31H46N2O6S. The number of hydrogen-bond acceptors (Lipinski definition) is 7. The lowest BCUT2D eigenvalue weighted by Crippen LogP contribution is -2.51. The lowest BCUT2D eigenvalue weighted by Gasteiger charge is -2.36. The van der Waals surface area contributed by atoms with Gasteiger partial charge in [-0.05, 0) is 85.6 Å². The van der Waals surface area contributed by atoms with Crippen molar-refractivity contribution in [3.8, 4) is 11.8 Å². The average Bonchev–Trinajstić information content (AvgIpc) is 3.28. The van der Waals surface area contributed by atoms with E-state index in [1.165, 1.54) is 9.80 Å². The number of nitrogens with zero attached hydrogens (tertiary/aromatic N) is 2. The normalized spacial score (nSPS) is 18.1. The third-order valence-corrected chi connectivity index (χ3v) is 7.76. The van der Waals surface area contributed by atoms with E-state index >= 15 is 0 Å². The summed E-state index contributed by atoms with van der Waals surface area (Å²) >= 11 is 1.11. The molecule has 222 valence electrons. The third kappa shape index (κ3) is 9.09. The van der Waals surface area contributed by atoms with Crippen molar-refractivity contribution in [2.24, 2.45) is 22.7 Å². The summed E-state index contributed by atoms with van der Waals surface area (Å²) in [6.45, 7) is 14.5. The van der Waals surface area contributed by atoms with Crippen molar-refractivity contribution >= 4 is 40.8 Å². The molecule has 1 aliphatic rings. The second kappa shape index (κ2) is 13.7. The summed E-state index contributed by atoms with van der Waals surface area (Å²) in [6, 6.07) is 0.904. The maximum atomic E-state index is 14.2. The van der Waals surface area contributed by atoms with Gasteiger partial charge in [-0.15, -0.1) is 11.3 Å². The van der Waals surface area contributed by atoms with Gasteiger partial charge in [0.25, 0.3) is 0 Å². The molecule has 1 aromatic heterocycles. The van der Waals surface area contributed by atoms with Crippen LogP contribution >= 0.6 is 11.3 Å². The van der Waals surface area contributed by atoms with Crippen molar-refractivity contribution in [3.63, 3.8) is 0 Å². The monoisotopic (exact) mass is 574 g/mol. The summed E-state index contributed by atoms with van der Waals surface area (Å²) in [5.74, 6) is 4.95. The van der Waals surface area contributed by atoms with Crippen LogP contribution in [0.5, 0.6) is 0 Å². The number of likely N-dealkylation sites (N-methyl/N-ethyl adjacent to an activating group) is 1. The molecule has 0 spiro atoms. The maximum absolute atomic E-state index is 14.2. The quantitative estimate of drug-likeness (QED) is 0.219. The molecular weight excluding hydrogens is 528 g/mol. The molecule has 1 heterocycles. The van der Waals surface area contributed by atoms with E-state index in [4.69, 9.17) is 9.47 Å². The predicted molar refractivity (Wildman–Crippen MR) is 158 cm³/mol. The van der Waals surface area contributed by atoms with Gasteiger partial charge in [-0.1, -0.05) is 25.7 Å². The van der Waals surface area contributed by atoms with E-state index in [0.29, 0.717) is 22.9 Å². The van der Waals surface area contributed by atoms with Crippen LogP contribution in [0.25, 0.3) is 0 Å². The first kappa shape index (κ1) is 33.3. The Kier molecular flexibility index (Phi) is 11.4. The van der Waals surface area contributed by atoms with Gasteiger partial charge in [0, 0.05) is 25.4 Å². The van der Waals surface area contributed by atoms with Crippen molar-refractivity contribution in [1.29, 1.82) is 0 Å². The minimum Gasteiger partial charge on any atom is -0.427 e. The first-order chi connectivity index (χ1) is 18.5. The highest BCUT2D eigenvalue weighted by Gasteiger charge is 2.39. The number of rotatable bonds is 8. The molecule has 0 aliphatic heterocycles. The van der Waals surface area contributed by atoms with Gasteiger partial charge in [-0.2, -0.15) is 0 Å². The molecule has 1 aromatic rings. The summed E-state index contributed by atoms with van der Waals surface area (Å²) in [4.78, 5) is 56.7. The van der Waals surface area contributed by atoms with Crippen LogP contribution in [-0.4, -0.2) is 55.6 Å². The highest BCUT2D eigenvalue weighted by molar-refractivity contribution is 7.15. The SMILES string of the molecule is CCC(C(=O)N(C)C)N(C(=O)C1CCC(C)CC1)c1cc(C#CC(C)(C)C)sc1C(=O)OCOC(=O)C(C)(C)C. The number of hydrogen-bond donors (Lipinski definition) is 0. The van der Waals surface area contributed by atoms with Crippen LogP contribution < -0.4 is 4.90 Å². The van der Waals surface area contributed by atoms with E-state index in [1.807, 2.05) is 27.7 Å². The molecule has 1 unspecified atom stereocenters. The smallest absolute Gasteiger partial charge is 0.353 e. The van der Waals surface area contributed by atoms with Crippen LogP contribution in [0.4, 0.5) is 5.69 Å². The summed E-state index contributed by atoms with van der Waals surface area (Å²) in [5, 5.41) is 0. The van der Waals surface area contributed by atoms with Crippen molar-refractivity contribution < 1.29 is 28.7 Å². The van der Waals surface area contributed by atoms with Crippen LogP contribution in [0.3, 0.4) is 0 Å². The number of esters is 2. The van der Waals surface area contributed by atoms with Gasteiger partial charge in [0.1, 0.15) is 10.9 Å². The van der Waals surface area contributed by atoms with Crippen LogP contribution in [0.2, 0.25) is 0 Å². The largest absolute Gasteiger partial charge is 0.427 e. The van der Waals surface area contributed by atoms with Gasteiger partial charge in [0.05, 0.1) is 16.0 Å². The Balaban J connectivity index is 2.59. The molecule has 0 N–H and O–H groups in total. The Morgan fingerprint density at radius 2 is 1.62 bits per heavy atom. The fourth-order valence-electron chi connectivity index (χ4n) is 4.35. The van der Waals surface area contributed by atoms with Crippen molar-refractivity contribution in [2.75, 3.05) is 25.8 Å². The predicted octanol–water partition coefficient (Wildman–Crippen LogP) is 5.88. The summed E-state index contributed by atoms with van der Waals surface area (Å²) in [5.41, 5.74) is -0.730. The molecule has 1 saturated carbocycles. The minimum absolute atomic E-state index is 0.146. The molecule has 8 nitrogen and oxygen atoms in total. The van der Waals surface area contributed by atoms with Crippen molar-refractivity contribution in [3.05, 3.63) is 15.8 Å². The zero-order chi connectivity index (χ0) is 30.4. The molecule has 2 amide bonds. The Morgan fingerprint density at radius 3 is 2.12 bits per heavy atom. The van der Waals surface area contributed by atoms with Gasteiger partial charge >= 0.3 is 11.9 Å². The number of anilines is 1. The lowest BCUT2D eigenvalue weighted by molar-refractivity contribution is -0.161. The summed E-state index contributed by atoms with van der Waals surface area (Å²) < 4.78 is 10.5. The molecule has 0 bridgehead atoms. The summed E-state index contributed by atoms with van der Waals surface area (Å²) in [6.07, 6.45) is 3.69. The Morgan fingerprint density at radius 1 is 1.02 bits per heavy atom. The molecule has 2 rings (SSSR count). The molecule has 40 heavy (non-hydrogen) atoms. The van der Waals surface area contributed by atoms with E-state index in [2.05, 4.69) is 18.8 Å². The van der Waals surface area contributed by atoms with Crippen molar-refractivity contribution in [2.45, 2.75) is 93.5 Å². The zero-order valence-corrected chi connectivity index (χ0v) is 26.6. The van der Waals surface area contributed by atoms with E-state index < -0.39 is 30.2 Å². The summed E-state index contributed by atoms with van der Waals surface area (Å²) in [7, 11) is 3.31. The number of thiophene rings is 1. The Bertz CT molecular complexity index is 1140. The van der Waals surface area contributed by atoms with Crippen LogP contribution in [0.1, 0.15) is 102 Å². The first-order valence-corrected chi connectivity index (χ1v) is 14.8. The fourth-order valence-corrected chi connectivity index (χ4v) is 5.24. The molecule has 0 aromatic carbocycles. The van der Waals surface area contributed by atoms with Gasteiger partial charge in [0.2, 0.25) is 18.6 Å². The topological polar surface area (TPSA) is 93.2 Å². The standard InChI is InChI=1S/C31H46N2O6S/c1-11-23(27(35)32(9)10)33(26(34)21-14-12-20(2)13-15-21)24-18-22(16-17-30(3,4)5)40-25(24)28(36)38-19-39-29(37)31(6,7)8/h18,20-21,23H,11-15,19H2,1-10H3. The molecule has 1 aliphatic carbocycles. The van der Waals surface area contributed by atoms with Gasteiger partial charge in [0.15, 0.2) is 0 Å². The molecule has 9 heteroatoms. The lowest BCUT2D eigenvalue weighted by atomic mass is 9.82. The fraction of sp³-hybridized carbons (Fsp3) is 0.677. The van der Waals surface area contributed by atoms with Crippen molar-refractivity contribution in [1.82, 2.24) is 4.90 Å². The van der Waals surface area contributed by atoms with E-state index in [-0.39, 0.29) is 28.0 Å². The molecule has 1 atom stereocenters. The maximum Gasteiger partial charge on any atom is 0.353 e. The Labute approximate surface area is 243 Å². The van der Waals surface area contributed by atoms with Gasteiger partial charge < -0.3 is 14.4 Å². The number of ether oxygens (including phenoxy) is 2. The highest BCUT2D eigenvalue weighted by atomic mass is 32.1. The zero-order valence-electron chi connectivity index (χ0n) is 25.8. The van der Waals surface area contributed by atoms with Crippen LogP contribution in [0.15, 0.2) is 6.07 Å². The Hall–Kier alpha value is -2.86. The van der Waals surface area contributed by atoms with E-state index in [9.17, 15) is 19.2 Å². The van der Waals surface area contributed by atoms with Gasteiger partial charge in [-0.25, -0.2) is 4.79 Å². The molecule has 0 saturated heterocycles. The first-order valence-electron chi connectivity index (χ1n) is 14.0. The third-order valence-electron chi connectivity index (χ3n) is 6.74. The van der Waals surface area contributed by atoms with Crippen LogP contribution in [0, 0.1) is 34.5 Å². The highest BCUT2D eigenvalue weighted by Crippen LogP contribution is 2.37. The number of carbonyl (C=O) groups is 4. The van der Waals surface area contributed by atoms with Gasteiger partial charge in [-0.3, -0.25) is 19.3 Å². The number of carbonyl (C=O) groups excluding carboxylic acids is 4. The second-order valence-corrected chi connectivity index (χ2v) is 13.9. The van der Waals surface area contributed by atoms with Crippen LogP contribution in [-0.2, 0) is 23.9 Å². The minimum atomic E-state index is -0.801. The van der Waals surface area contributed by atoms with E-state index in [1.54, 1.807) is 40.9 Å². The second-order valence-electron chi connectivity index (χ2n) is 12.9. The molecule has 0 radical (unpaired) electrons. The molecule has 1 fully saturated rings. The van der Waals surface area contributed by atoms with E-state index in [0.717, 1.165) is 37.0 Å².